The van der Waals surface area contributed by atoms with Gasteiger partial charge in [-0.2, -0.15) is 5.10 Å². The summed E-state index contributed by atoms with van der Waals surface area (Å²) in [5.74, 6) is 1.68. The van der Waals surface area contributed by atoms with Gasteiger partial charge in [0.05, 0.1) is 29.9 Å². The molecule has 5 nitrogen and oxygen atoms in total. The Morgan fingerprint density at radius 1 is 0.632 bits per heavy atom. The van der Waals surface area contributed by atoms with E-state index in [1.807, 2.05) is 18.3 Å². The second-order valence-corrected chi connectivity index (χ2v) is 16.7. The number of ether oxygens (including phenoxy) is 1. The highest BCUT2D eigenvalue weighted by Gasteiger charge is 2.30. The first-order valence-corrected chi connectivity index (χ1v) is 19.8. The van der Waals surface area contributed by atoms with Crippen molar-refractivity contribution in [1.29, 1.82) is 0 Å². The van der Waals surface area contributed by atoms with Crippen molar-refractivity contribution in [2.45, 2.75) is 58.8 Å². The number of aromatic nitrogens is 3. The van der Waals surface area contributed by atoms with Crippen molar-refractivity contribution in [2.75, 3.05) is 12.0 Å². The van der Waals surface area contributed by atoms with Gasteiger partial charge in [0.15, 0.2) is 0 Å². The molecule has 7 aromatic rings. The maximum Gasteiger partial charge on any atom is 0.137 e. The molecule has 1 aliphatic rings. The molecule has 5 aromatic carbocycles. The molecular weight excluding hydrogens is 697 g/mol. The average Bonchev–Trinajstić information content (AvgIpc) is 3.40. The van der Waals surface area contributed by atoms with Crippen molar-refractivity contribution in [1.82, 2.24) is 14.8 Å². The van der Waals surface area contributed by atoms with Gasteiger partial charge in [0, 0.05) is 28.5 Å². The molecular formula is C52H50N4O. The van der Waals surface area contributed by atoms with E-state index in [1.54, 1.807) is 7.11 Å². The van der Waals surface area contributed by atoms with E-state index in [0.717, 1.165) is 79.8 Å². The van der Waals surface area contributed by atoms with Crippen LogP contribution in [0.1, 0.15) is 70.3 Å². The van der Waals surface area contributed by atoms with Crippen LogP contribution in [0.4, 0.5) is 17.2 Å². The number of allylic oxidation sites excluding steroid dienone is 2. The number of benzene rings is 5. The zero-order chi connectivity index (χ0) is 39.7. The molecule has 0 N–H and O–H groups in total. The predicted molar refractivity (Wildman–Crippen MR) is 239 cm³/mol. The number of rotatable bonds is 8. The third kappa shape index (κ3) is 7.46. The molecule has 2 aromatic heterocycles. The largest absolute Gasteiger partial charge is 0.496 e. The number of fused-ring (bicyclic) bond motifs is 1. The summed E-state index contributed by atoms with van der Waals surface area (Å²) >= 11 is 0. The number of para-hydroxylation sites is 1. The lowest BCUT2D eigenvalue weighted by molar-refractivity contribution is 0.398. The highest BCUT2D eigenvalue weighted by Crippen LogP contribution is 2.46. The molecule has 0 unspecified atom stereocenters. The SMILES string of the molecule is COc1c(-c2nn(-c3cc(-c4ccccc4)cc(N(c4ccccn4)c4ccccc4-c4ccccc4)c3)c3c2C=CCC=C3)cc(C(C)(C)C)cc1C(C)(C)C. The molecule has 57 heavy (non-hydrogen) atoms. The quantitative estimate of drug-likeness (QED) is 0.155. The van der Waals surface area contributed by atoms with Crippen molar-refractivity contribution < 1.29 is 4.74 Å². The van der Waals surface area contributed by atoms with E-state index in [9.17, 15) is 0 Å². The van der Waals surface area contributed by atoms with E-state index in [4.69, 9.17) is 14.8 Å². The van der Waals surface area contributed by atoms with E-state index in [0.29, 0.717) is 0 Å². The van der Waals surface area contributed by atoms with E-state index < -0.39 is 0 Å². The van der Waals surface area contributed by atoms with E-state index in [-0.39, 0.29) is 10.8 Å². The lowest BCUT2D eigenvalue weighted by Gasteiger charge is -2.28. The molecule has 0 bridgehead atoms. The number of methoxy groups -OCH3 is 1. The zero-order valence-corrected chi connectivity index (χ0v) is 34.0. The van der Waals surface area contributed by atoms with Gasteiger partial charge in [0.2, 0.25) is 0 Å². The summed E-state index contributed by atoms with van der Waals surface area (Å²) in [4.78, 5) is 7.21. The highest BCUT2D eigenvalue weighted by atomic mass is 16.5. The van der Waals surface area contributed by atoms with Crippen LogP contribution in [0.25, 0.3) is 51.4 Å². The molecule has 5 heteroatoms. The minimum absolute atomic E-state index is 0.0832. The maximum atomic E-state index is 6.33. The molecule has 1 aliphatic carbocycles. The van der Waals surface area contributed by atoms with Crippen LogP contribution in [0.5, 0.6) is 5.75 Å². The van der Waals surface area contributed by atoms with Crippen LogP contribution in [0, 0.1) is 0 Å². The topological polar surface area (TPSA) is 43.2 Å². The van der Waals surface area contributed by atoms with Crippen LogP contribution < -0.4 is 9.64 Å². The summed E-state index contributed by atoms with van der Waals surface area (Å²) in [5.41, 5.74) is 13.5. The van der Waals surface area contributed by atoms with Gasteiger partial charge in [0.1, 0.15) is 17.3 Å². The van der Waals surface area contributed by atoms with Gasteiger partial charge in [-0.3, -0.25) is 4.90 Å². The van der Waals surface area contributed by atoms with Crippen LogP contribution in [0.3, 0.4) is 0 Å². The molecule has 0 aliphatic heterocycles. The number of nitrogens with zero attached hydrogens (tertiary/aromatic N) is 4. The fourth-order valence-corrected chi connectivity index (χ4v) is 7.68. The fraction of sp³-hybridized carbons (Fsp3) is 0.192. The number of anilines is 3. The van der Waals surface area contributed by atoms with Crippen molar-refractivity contribution in [3.63, 3.8) is 0 Å². The molecule has 8 rings (SSSR count). The number of hydrogen-bond donors (Lipinski definition) is 0. The molecule has 0 atom stereocenters. The van der Waals surface area contributed by atoms with Gasteiger partial charge in [-0.25, -0.2) is 9.67 Å². The molecule has 2 heterocycles. The van der Waals surface area contributed by atoms with Crippen LogP contribution >= 0.6 is 0 Å². The summed E-state index contributed by atoms with van der Waals surface area (Å²) in [5, 5.41) is 5.57. The van der Waals surface area contributed by atoms with E-state index >= 15 is 0 Å². The lowest BCUT2D eigenvalue weighted by atomic mass is 9.78. The Kier molecular flexibility index (Phi) is 10.0. The summed E-state index contributed by atoms with van der Waals surface area (Å²) < 4.78 is 8.45. The minimum atomic E-state index is -0.152. The van der Waals surface area contributed by atoms with Crippen molar-refractivity contribution in [2.24, 2.45) is 0 Å². The Labute approximate surface area is 337 Å². The van der Waals surface area contributed by atoms with Crippen LogP contribution in [-0.4, -0.2) is 21.9 Å². The normalized spacial score (nSPS) is 12.6. The summed E-state index contributed by atoms with van der Waals surface area (Å²) in [6.45, 7) is 13.6. The Morgan fingerprint density at radius 3 is 2.00 bits per heavy atom. The van der Waals surface area contributed by atoms with Crippen LogP contribution in [0.15, 0.2) is 152 Å². The van der Waals surface area contributed by atoms with Crippen molar-refractivity contribution >= 4 is 29.3 Å². The van der Waals surface area contributed by atoms with E-state index in [1.165, 1.54) is 11.1 Å². The van der Waals surface area contributed by atoms with Gasteiger partial charge >= 0.3 is 0 Å². The zero-order valence-electron chi connectivity index (χ0n) is 34.0. The van der Waals surface area contributed by atoms with Gasteiger partial charge in [0.25, 0.3) is 0 Å². The molecule has 0 spiro atoms. The first-order chi connectivity index (χ1) is 27.5. The Hall–Kier alpha value is -6.46. The number of pyridine rings is 1. The van der Waals surface area contributed by atoms with E-state index in [2.05, 4.69) is 197 Å². The monoisotopic (exact) mass is 746 g/mol. The summed E-state index contributed by atoms with van der Waals surface area (Å²) in [6, 6.07) is 47.2. The standard InChI is InChI=1S/C52H50N4O/c1-51(2,3)39-33-44(50(57-7)45(34-39)52(4,5)6)49-43-26-15-10-16-28-47(43)56(54-49)41-32-38(36-21-11-8-12-22-36)31-40(35-41)55(48-29-19-20-30-53-48)46-27-18-17-25-42(46)37-23-13-9-14-24-37/h8-9,11-35H,10H2,1-7H3. The van der Waals surface area contributed by atoms with Crippen LogP contribution in [-0.2, 0) is 10.8 Å². The molecule has 0 fully saturated rings. The summed E-state index contributed by atoms with van der Waals surface area (Å²) in [7, 11) is 1.78. The van der Waals surface area contributed by atoms with Crippen molar-refractivity contribution in [3.8, 4) is 44.9 Å². The second kappa shape index (κ2) is 15.2. The summed E-state index contributed by atoms with van der Waals surface area (Å²) in [6.07, 6.45) is 11.6. The Bertz CT molecular complexity index is 2590. The third-order valence-corrected chi connectivity index (χ3v) is 10.6. The first-order valence-electron chi connectivity index (χ1n) is 19.8. The Morgan fingerprint density at radius 2 is 1.32 bits per heavy atom. The third-order valence-electron chi connectivity index (χ3n) is 10.6. The first kappa shape index (κ1) is 37.5. The molecule has 0 saturated carbocycles. The van der Waals surface area contributed by atoms with Crippen LogP contribution in [0.2, 0.25) is 0 Å². The Balaban J connectivity index is 1.42. The van der Waals surface area contributed by atoms with Gasteiger partial charge in [-0.05, 0) is 88.0 Å². The fourth-order valence-electron chi connectivity index (χ4n) is 7.68. The lowest BCUT2D eigenvalue weighted by Crippen LogP contribution is -2.18. The smallest absolute Gasteiger partial charge is 0.137 e. The molecule has 0 saturated heterocycles. The predicted octanol–water partition coefficient (Wildman–Crippen LogP) is 13.8. The molecule has 0 radical (unpaired) electrons. The number of hydrogen-bond acceptors (Lipinski definition) is 4. The van der Waals surface area contributed by atoms with Gasteiger partial charge in [-0.15, -0.1) is 0 Å². The maximum absolute atomic E-state index is 6.33. The highest BCUT2D eigenvalue weighted by molar-refractivity contribution is 5.90. The van der Waals surface area contributed by atoms with Crippen molar-refractivity contribution in [3.05, 3.63) is 174 Å². The molecule has 284 valence electrons. The second-order valence-electron chi connectivity index (χ2n) is 16.7. The minimum Gasteiger partial charge on any atom is -0.496 e. The van der Waals surface area contributed by atoms with Gasteiger partial charge in [-0.1, -0.05) is 151 Å². The van der Waals surface area contributed by atoms with Gasteiger partial charge < -0.3 is 4.74 Å². The molecule has 0 amide bonds. The average molecular weight is 747 g/mol.